The molecule has 1 aliphatic rings. The van der Waals surface area contributed by atoms with Gasteiger partial charge in [-0.2, -0.15) is 11.3 Å². The van der Waals surface area contributed by atoms with Crippen LogP contribution in [0.2, 0.25) is 0 Å². The fraction of sp³-hybridized carbons (Fsp3) is 0.615. The maximum atomic E-state index is 12.1. The Bertz CT molecular complexity index is 394. The normalized spacial score (nSPS) is 16.1. The van der Waals surface area contributed by atoms with Crippen molar-refractivity contribution in [2.75, 3.05) is 57.9 Å². The van der Waals surface area contributed by atoms with E-state index in [4.69, 9.17) is 9.84 Å². The molecule has 112 valence electrons. The van der Waals surface area contributed by atoms with Crippen LogP contribution in [0.3, 0.4) is 0 Å². The van der Waals surface area contributed by atoms with E-state index in [1.807, 2.05) is 16.8 Å². The largest absolute Gasteiger partial charge is 0.395 e. The molecule has 7 heteroatoms. The van der Waals surface area contributed by atoms with Crippen LogP contribution in [0.1, 0.15) is 0 Å². The van der Waals surface area contributed by atoms with Gasteiger partial charge < -0.3 is 20.1 Å². The van der Waals surface area contributed by atoms with Crippen molar-refractivity contribution in [3.05, 3.63) is 16.8 Å². The van der Waals surface area contributed by atoms with E-state index >= 15 is 0 Å². The zero-order chi connectivity index (χ0) is 14.2. The molecule has 1 aliphatic heterocycles. The highest BCUT2D eigenvalue weighted by Crippen LogP contribution is 2.12. The Labute approximate surface area is 122 Å². The highest BCUT2D eigenvalue weighted by atomic mass is 32.1. The first-order chi connectivity index (χ1) is 9.79. The van der Waals surface area contributed by atoms with E-state index in [1.54, 1.807) is 4.90 Å². The van der Waals surface area contributed by atoms with Crippen LogP contribution in [-0.2, 0) is 4.74 Å². The number of carbonyl (C=O) groups excluding carboxylic acids is 1. The number of rotatable bonds is 6. The molecule has 6 nitrogen and oxygen atoms in total. The quantitative estimate of drug-likeness (QED) is 0.819. The predicted octanol–water partition coefficient (Wildman–Crippen LogP) is 0.906. The molecule has 0 saturated carbocycles. The number of nitrogens with zero attached hydrogens (tertiary/aromatic N) is 2. The lowest BCUT2D eigenvalue weighted by Gasteiger charge is -2.29. The van der Waals surface area contributed by atoms with Gasteiger partial charge in [-0.15, -0.1) is 0 Å². The second-order valence-electron chi connectivity index (χ2n) is 4.61. The Morgan fingerprint density at radius 2 is 2.25 bits per heavy atom. The topological polar surface area (TPSA) is 65.0 Å². The van der Waals surface area contributed by atoms with Crippen molar-refractivity contribution < 1.29 is 14.6 Å². The summed E-state index contributed by atoms with van der Waals surface area (Å²) in [6, 6.07) is 1.70. The van der Waals surface area contributed by atoms with Crippen LogP contribution in [0.15, 0.2) is 16.8 Å². The summed E-state index contributed by atoms with van der Waals surface area (Å²) in [6.45, 7) is 5.04. The molecule has 0 radical (unpaired) electrons. The van der Waals surface area contributed by atoms with E-state index < -0.39 is 0 Å². The van der Waals surface area contributed by atoms with Gasteiger partial charge >= 0.3 is 6.03 Å². The van der Waals surface area contributed by atoms with E-state index in [2.05, 4.69) is 10.2 Å². The minimum atomic E-state index is -0.161. The molecule has 1 aromatic rings. The monoisotopic (exact) mass is 299 g/mol. The van der Waals surface area contributed by atoms with Crippen molar-refractivity contribution in [2.24, 2.45) is 0 Å². The molecular weight excluding hydrogens is 278 g/mol. The first kappa shape index (κ1) is 15.2. The van der Waals surface area contributed by atoms with Gasteiger partial charge in [0.25, 0.3) is 0 Å². The average molecular weight is 299 g/mol. The molecule has 1 aromatic heterocycles. The van der Waals surface area contributed by atoms with Crippen LogP contribution in [0.5, 0.6) is 0 Å². The average Bonchev–Trinajstić information content (AvgIpc) is 2.97. The third-order valence-corrected chi connectivity index (χ3v) is 3.90. The maximum Gasteiger partial charge on any atom is 0.321 e. The van der Waals surface area contributed by atoms with Crippen molar-refractivity contribution >= 4 is 23.1 Å². The lowest BCUT2D eigenvalue weighted by Crippen LogP contribution is -2.45. The summed E-state index contributed by atoms with van der Waals surface area (Å²) in [6.07, 6.45) is 0. The fourth-order valence-electron chi connectivity index (χ4n) is 2.06. The van der Waals surface area contributed by atoms with Gasteiger partial charge in [0, 0.05) is 38.1 Å². The number of hydrogen-bond acceptors (Lipinski definition) is 5. The van der Waals surface area contributed by atoms with Gasteiger partial charge in [-0.05, 0) is 11.4 Å². The van der Waals surface area contributed by atoms with Gasteiger partial charge in [0.1, 0.15) is 0 Å². The minimum absolute atomic E-state index is 0.0276. The number of nitrogens with one attached hydrogen (secondary N) is 1. The van der Waals surface area contributed by atoms with E-state index in [0.29, 0.717) is 13.1 Å². The van der Waals surface area contributed by atoms with Gasteiger partial charge in [0.2, 0.25) is 0 Å². The number of morpholine rings is 1. The third kappa shape index (κ3) is 4.75. The molecule has 0 aromatic carbocycles. The summed E-state index contributed by atoms with van der Waals surface area (Å²) in [5.41, 5.74) is 0.800. The second kappa shape index (κ2) is 8.21. The summed E-state index contributed by atoms with van der Waals surface area (Å²) in [7, 11) is 0. The van der Waals surface area contributed by atoms with E-state index in [-0.39, 0.29) is 12.6 Å². The number of amides is 2. The number of aliphatic hydroxyl groups is 1. The fourth-order valence-corrected chi connectivity index (χ4v) is 2.65. The Balaban J connectivity index is 1.80. The van der Waals surface area contributed by atoms with Crippen LogP contribution in [0.4, 0.5) is 10.5 Å². The van der Waals surface area contributed by atoms with E-state index in [0.717, 1.165) is 38.5 Å². The number of ether oxygens (including phenoxy) is 1. The number of hydrogen-bond donors (Lipinski definition) is 2. The Kier molecular flexibility index (Phi) is 6.25. The molecule has 2 heterocycles. The van der Waals surface area contributed by atoms with Crippen LogP contribution in [0.25, 0.3) is 0 Å². The number of urea groups is 1. The second-order valence-corrected chi connectivity index (χ2v) is 5.39. The van der Waals surface area contributed by atoms with Crippen LogP contribution >= 0.6 is 11.3 Å². The Hall–Kier alpha value is -1.15. The van der Waals surface area contributed by atoms with Crippen molar-refractivity contribution in [1.29, 1.82) is 0 Å². The van der Waals surface area contributed by atoms with Crippen LogP contribution in [-0.4, -0.2) is 73.5 Å². The molecule has 0 aliphatic carbocycles. The van der Waals surface area contributed by atoms with Crippen LogP contribution in [0, 0.1) is 0 Å². The molecular formula is C13H21N3O3S. The van der Waals surface area contributed by atoms with Gasteiger partial charge in [-0.3, -0.25) is 4.90 Å². The van der Waals surface area contributed by atoms with Gasteiger partial charge in [0.05, 0.1) is 25.5 Å². The number of aliphatic hydroxyl groups excluding tert-OH is 1. The standard InChI is InChI=1S/C13H21N3O3S/c17-7-4-16(3-2-15-5-8-19-9-6-15)13(18)14-12-1-10-20-11-12/h1,10-11,17H,2-9H2,(H,14,18). The summed E-state index contributed by atoms with van der Waals surface area (Å²) >= 11 is 1.54. The molecule has 1 fully saturated rings. The molecule has 20 heavy (non-hydrogen) atoms. The Morgan fingerprint density at radius 3 is 2.90 bits per heavy atom. The highest BCUT2D eigenvalue weighted by molar-refractivity contribution is 7.08. The first-order valence-electron chi connectivity index (χ1n) is 6.78. The van der Waals surface area contributed by atoms with E-state index in [1.165, 1.54) is 11.3 Å². The lowest BCUT2D eigenvalue weighted by atomic mass is 10.4. The summed E-state index contributed by atoms with van der Waals surface area (Å²) in [5.74, 6) is 0. The van der Waals surface area contributed by atoms with Crippen LogP contribution < -0.4 is 5.32 Å². The van der Waals surface area contributed by atoms with Crippen molar-refractivity contribution in [3.63, 3.8) is 0 Å². The minimum Gasteiger partial charge on any atom is -0.395 e. The number of thiophene rings is 1. The predicted molar refractivity (Wildman–Crippen MR) is 79.3 cm³/mol. The van der Waals surface area contributed by atoms with Crippen molar-refractivity contribution in [3.8, 4) is 0 Å². The molecule has 1 saturated heterocycles. The number of anilines is 1. The zero-order valence-electron chi connectivity index (χ0n) is 11.5. The van der Waals surface area contributed by atoms with Gasteiger partial charge in [-0.25, -0.2) is 4.79 Å². The highest BCUT2D eigenvalue weighted by Gasteiger charge is 2.16. The lowest BCUT2D eigenvalue weighted by molar-refractivity contribution is 0.0346. The van der Waals surface area contributed by atoms with Crippen molar-refractivity contribution in [2.45, 2.75) is 0 Å². The molecule has 0 spiro atoms. The summed E-state index contributed by atoms with van der Waals surface area (Å²) in [5, 5.41) is 15.7. The Morgan fingerprint density at radius 1 is 1.45 bits per heavy atom. The van der Waals surface area contributed by atoms with Crippen molar-refractivity contribution in [1.82, 2.24) is 9.80 Å². The molecule has 0 bridgehead atoms. The molecule has 0 unspecified atom stereocenters. The van der Waals surface area contributed by atoms with Gasteiger partial charge in [0.15, 0.2) is 0 Å². The molecule has 2 N–H and O–H groups in total. The van der Waals surface area contributed by atoms with Gasteiger partial charge in [-0.1, -0.05) is 0 Å². The molecule has 2 amide bonds. The first-order valence-corrected chi connectivity index (χ1v) is 7.73. The third-order valence-electron chi connectivity index (χ3n) is 3.22. The smallest absolute Gasteiger partial charge is 0.321 e. The number of carbonyl (C=O) groups is 1. The summed E-state index contributed by atoms with van der Waals surface area (Å²) < 4.78 is 5.30. The zero-order valence-corrected chi connectivity index (χ0v) is 12.3. The molecule has 0 atom stereocenters. The molecule has 2 rings (SSSR count). The SMILES string of the molecule is O=C(Nc1ccsc1)N(CCO)CCN1CCOCC1. The van der Waals surface area contributed by atoms with E-state index in [9.17, 15) is 4.79 Å². The summed E-state index contributed by atoms with van der Waals surface area (Å²) in [4.78, 5) is 16.1. The maximum absolute atomic E-state index is 12.1.